The zero-order valence-electron chi connectivity index (χ0n) is 11.3. The Morgan fingerprint density at radius 2 is 1.75 bits per heavy atom. The van der Waals surface area contributed by atoms with Gasteiger partial charge in [-0.1, -0.05) is 13.8 Å². The fourth-order valence-electron chi connectivity index (χ4n) is 2.30. The van der Waals surface area contributed by atoms with Gasteiger partial charge in [-0.15, -0.1) is 0 Å². The van der Waals surface area contributed by atoms with Crippen LogP contribution in [0.15, 0.2) is 23.2 Å². The molecule has 20 heavy (non-hydrogen) atoms. The Morgan fingerprint density at radius 3 is 2.30 bits per heavy atom. The van der Waals surface area contributed by atoms with Gasteiger partial charge in [0.05, 0.1) is 5.69 Å². The molecular formula is C15H15F2NO2. The molecule has 1 aromatic carbocycles. The van der Waals surface area contributed by atoms with Crippen LogP contribution in [0.5, 0.6) is 0 Å². The third kappa shape index (κ3) is 3.15. The highest BCUT2D eigenvalue weighted by Gasteiger charge is 2.38. The molecule has 5 heteroatoms. The molecule has 0 heterocycles. The third-order valence-electron chi connectivity index (χ3n) is 3.28. The van der Waals surface area contributed by atoms with Crippen molar-refractivity contribution in [1.29, 1.82) is 0 Å². The molecule has 1 aromatic rings. The molecule has 0 spiro atoms. The quantitative estimate of drug-likeness (QED) is 0.616. The largest absolute Gasteiger partial charge is 0.298 e. The van der Waals surface area contributed by atoms with Crippen molar-refractivity contribution in [2.75, 3.05) is 0 Å². The van der Waals surface area contributed by atoms with Crippen LogP contribution in [0.25, 0.3) is 0 Å². The van der Waals surface area contributed by atoms with Crippen LogP contribution in [0.2, 0.25) is 0 Å². The van der Waals surface area contributed by atoms with Crippen molar-refractivity contribution in [3.8, 4) is 0 Å². The molecule has 3 nitrogen and oxygen atoms in total. The minimum absolute atomic E-state index is 0.175. The number of nitrogens with zero attached hydrogens (tertiary/aromatic N) is 1. The maximum atomic E-state index is 13.0. The first-order valence-electron chi connectivity index (χ1n) is 6.33. The van der Waals surface area contributed by atoms with Gasteiger partial charge in [0.15, 0.2) is 11.6 Å². The molecular weight excluding hydrogens is 264 g/mol. The second-order valence-electron chi connectivity index (χ2n) is 5.80. The van der Waals surface area contributed by atoms with Crippen molar-refractivity contribution in [1.82, 2.24) is 0 Å². The van der Waals surface area contributed by atoms with Gasteiger partial charge in [-0.25, -0.2) is 8.78 Å². The third-order valence-corrected chi connectivity index (χ3v) is 3.28. The van der Waals surface area contributed by atoms with Crippen LogP contribution >= 0.6 is 0 Å². The summed E-state index contributed by atoms with van der Waals surface area (Å²) in [6.45, 7) is 3.73. The summed E-state index contributed by atoms with van der Waals surface area (Å²) >= 11 is 0. The SMILES string of the molecule is CC1(C)CC(=O)C(C=Nc2ccc(F)c(F)c2)C(=O)C1. The lowest BCUT2D eigenvalue weighted by Gasteiger charge is -2.30. The summed E-state index contributed by atoms with van der Waals surface area (Å²) in [6, 6.07) is 3.17. The molecule has 0 N–H and O–H groups in total. The Bertz CT molecular complexity index is 574. The van der Waals surface area contributed by atoms with E-state index in [-0.39, 0.29) is 22.7 Å². The predicted molar refractivity (Wildman–Crippen MR) is 71.0 cm³/mol. The molecule has 0 atom stereocenters. The van der Waals surface area contributed by atoms with E-state index in [2.05, 4.69) is 4.99 Å². The molecule has 106 valence electrons. The van der Waals surface area contributed by atoms with Crippen LogP contribution in [0.4, 0.5) is 14.5 Å². The number of aliphatic imine (C=N–C) groups is 1. The van der Waals surface area contributed by atoms with Gasteiger partial charge in [0, 0.05) is 25.1 Å². The van der Waals surface area contributed by atoms with E-state index in [0.717, 1.165) is 12.1 Å². The van der Waals surface area contributed by atoms with Crippen molar-refractivity contribution in [2.45, 2.75) is 26.7 Å². The number of carbonyl (C=O) groups is 2. The molecule has 1 fully saturated rings. The highest BCUT2D eigenvalue weighted by molar-refractivity contribution is 6.16. The van der Waals surface area contributed by atoms with E-state index in [0.29, 0.717) is 12.8 Å². The maximum Gasteiger partial charge on any atom is 0.160 e. The second-order valence-corrected chi connectivity index (χ2v) is 5.80. The van der Waals surface area contributed by atoms with Gasteiger partial charge in [-0.3, -0.25) is 14.6 Å². The molecule has 2 rings (SSSR count). The normalized spacial score (nSPS) is 19.8. The molecule has 0 unspecified atom stereocenters. The minimum atomic E-state index is -1.01. The average Bonchev–Trinajstić information content (AvgIpc) is 2.31. The first-order chi connectivity index (χ1) is 9.28. The molecule has 0 aromatic heterocycles. The summed E-state index contributed by atoms with van der Waals surface area (Å²) in [4.78, 5) is 27.7. The standard InChI is InChI=1S/C15H15F2NO2/c1-15(2)6-13(19)10(14(20)7-15)8-18-9-3-4-11(16)12(17)5-9/h3-5,8,10H,6-7H2,1-2H3. The van der Waals surface area contributed by atoms with E-state index < -0.39 is 17.6 Å². The van der Waals surface area contributed by atoms with E-state index in [1.54, 1.807) is 0 Å². The summed E-state index contributed by atoms with van der Waals surface area (Å²) in [5.74, 6) is -3.22. The molecule has 0 aliphatic heterocycles. The number of hydrogen-bond acceptors (Lipinski definition) is 3. The van der Waals surface area contributed by atoms with Gasteiger partial charge in [-0.2, -0.15) is 0 Å². The van der Waals surface area contributed by atoms with Crippen molar-refractivity contribution >= 4 is 23.5 Å². The predicted octanol–water partition coefficient (Wildman–Crippen LogP) is 3.24. The van der Waals surface area contributed by atoms with Crippen LogP contribution in [0.1, 0.15) is 26.7 Å². The van der Waals surface area contributed by atoms with Gasteiger partial charge in [0.1, 0.15) is 17.5 Å². The lowest BCUT2D eigenvalue weighted by atomic mass is 9.72. The topological polar surface area (TPSA) is 46.5 Å². The molecule has 0 bridgehead atoms. The van der Waals surface area contributed by atoms with Crippen LogP contribution in [-0.4, -0.2) is 17.8 Å². The van der Waals surface area contributed by atoms with E-state index in [4.69, 9.17) is 0 Å². The first kappa shape index (κ1) is 14.5. The fraction of sp³-hybridized carbons (Fsp3) is 0.400. The second kappa shape index (κ2) is 5.23. The Balaban J connectivity index is 2.16. The van der Waals surface area contributed by atoms with Crippen molar-refractivity contribution < 1.29 is 18.4 Å². The number of carbonyl (C=O) groups excluding carboxylic acids is 2. The zero-order chi connectivity index (χ0) is 14.9. The van der Waals surface area contributed by atoms with E-state index >= 15 is 0 Å². The molecule has 0 amide bonds. The van der Waals surface area contributed by atoms with Gasteiger partial charge >= 0.3 is 0 Å². The highest BCUT2D eigenvalue weighted by Crippen LogP contribution is 2.33. The molecule has 0 radical (unpaired) electrons. The van der Waals surface area contributed by atoms with Crippen LogP contribution < -0.4 is 0 Å². The van der Waals surface area contributed by atoms with E-state index in [9.17, 15) is 18.4 Å². The van der Waals surface area contributed by atoms with Gasteiger partial charge in [0.25, 0.3) is 0 Å². The Labute approximate surface area is 115 Å². The Hall–Kier alpha value is -1.91. The Kier molecular flexibility index (Phi) is 3.79. The molecule has 1 aliphatic carbocycles. The van der Waals surface area contributed by atoms with Gasteiger partial charge in [-0.05, 0) is 17.5 Å². The minimum Gasteiger partial charge on any atom is -0.298 e. The maximum absolute atomic E-state index is 13.0. The average molecular weight is 279 g/mol. The van der Waals surface area contributed by atoms with Gasteiger partial charge < -0.3 is 0 Å². The van der Waals surface area contributed by atoms with E-state index in [1.807, 2.05) is 13.8 Å². The van der Waals surface area contributed by atoms with Crippen LogP contribution in [0.3, 0.4) is 0 Å². The van der Waals surface area contributed by atoms with Crippen molar-refractivity contribution in [2.24, 2.45) is 16.3 Å². The first-order valence-corrected chi connectivity index (χ1v) is 6.33. The Morgan fingerprint density at radius 1 is 1.15 bits per heavy atom. The fourth-order valence-corrected chi connectivity index (χ4v) is 2.30. The molecule has 0 saturated heterocycles. The van der Waals surface area contributed by atoms with Crippen molar-refractivity contribution in [3.63, 3.8) is 0 Å². The van der Waals surface area contributed by atoms with Crippen molar-refractivity contribution in [3.05, 3.63) is 29.8 Å². The zero-order valence-corrected chi connectivity index (χ0v) is 11.3. The lowest BCUT2D eigenvalue weighted by Crippen LogP contribution is -2.38. The number of hydrogen-bond donors (Lipinski definition) is 0. The summed E-state index contributed by atoms with van der Waals surface area (Å²) < 4.78 is 25.8. The number of Topliss-reactive ketones (excluding diaryl/α,β-unsaturated/α-hetero) is 2. The summed E-state index contributed by atoms with van der Waals surface area (Å²) in [5, 5.41) is 0. The van der Waals surface area contributed by atoms with E-state index in [1.165, 1.54) is 12.3 Å². The summed E-state index contributed by atoms with van der Waals surface area (Å²) in [7, 11) is 0. The lowest BCUT2D eigenvalue weighted by molar-refractivity contribution is -0.136. The van der Waals surface area contributed by atoms with Gasteiger partial charge in [0.2, 0.25) is 0 Å². The molecule has 1 aliphatic rings. The number of ketones is 2. The summed E-state index contributed by atoms with van der Waals surface area (Å²) in [6.07, 6.45) is 1.85. The monoisotopic (exact) mass is 279 g/mol. The van der Waals surface area contributed by atoms with Crippen LogP contribution in [0, 0.1) is 23.0 Å². The number of benzene rings is 1. The number of halogens is 2. The van der Waals surface area contributed by atoms with Crippen LogP contribution in [-0.2, 0) is 9.59 Å². The smallest absolute Gasteiger partial charge is 0.160 e. The highest BCUT2D eigenvalue weighted by atomic mass is 19.2. The number of rotatable bonds is 2. The molecule has 1 saturated carbocycles. The summed E-state index contributed by atoms with van der Waals surface area (Å²) in [5.41, 5.74) is -0.144.